The van der Waals surface area contributed by atoms with Crippen molar-refractivity contribution in [3.63, 3.8) is 0 Å². The molecule has 0 aromatic heterocycles. The van der Waals surface area contributed by atoms with E-state index in [1.807, 2.05) is 26.0 Å². The van der Waals surface area contributed by atoms with Crippen LogP contribution in [0.4, 0.5) is 0 Å². The molecule has 1 amide bonds. The van der Waals surface area contributed by atoms with Gasteiger partial charge in [-0.25, -0.2) is 0 Å². The Morgan fingerprint density at radius 2 is 2.00 bits per heavy atom. The van der Waals surface area contributed by atoms with Crippen LogP contribution in [0.3, 0.4) is 0 Å². The zero-order chi connectivity index (χ0) is 17.2. The van der Waals surface area contributed by atoms with Crippen LogP contribution in [0.15, 0.2) is 24.3 Å². The molecule has 1 aromatic rings. The van der Waals surface area contributed by atoms with Crippen LogP contribution in [0.1, 0.15) is 37.4 Å². The highest BCUT2D eigenvalue weighted by molar-refractivity contribution is 7.99. The second-order valence-corrected chi connectivity index (χ2v) is 6.07. The van der Waals surface area contributed by atoms with Crippen molar-refractivity contribution in [1.82, 2.24) is 4.90 Å². The third-order valence-electron chi connectivity index (χ3n) is 3.56. The Labute approximate surface area is 141 Å². The maximum atomic E-state index is 12.4. The first-order chi connectivity index (χ1) is 11.0. The number of thioether (sulfide) groups is 1. The topological polar surface area (TPSA) is 70.4 Å². The molecule has 0 aliphatic heterocycles. The van der Waals surface area contributed by atoms with E-state index in [0.717, 1.165) is 5.56 Å². The van der Waals surface area contributed by atoms with Crippen molar-refractivity contribution in [1.29, 1.82) is 5.26 Å². The van der Waals surface area contributed by atoms with Crippen LogP contribution in [0.2, 0.25) is 0 Å². The molecule has 0 radical (unpaired) electrons. The number of esters is 1. The van der Waals surface area contributed by atoms with Gasteiger partial charge in [0, 0.05) is 18.7 Å². The molecule has 0 saturated carbocycles. The minimum Gasteiger partial charge on any atom is -0.468 e. The number of nitriles is 1. The lowest BCUT2D eigenvalue weighted by molar-refractivity contribution is -0.137. The lowest BCUT2D eigenvalue weighted by Crippen LogP contribution is -2.33. The van der Waals surface area contributed by atoms with Gasteiger partial charge < -0.3 is 9.64 Å². The molecule has 0 heterocycles. The molecule has 1 rings (SSSR count). The number of carbonyl (C=O) groups is 2. The van der Waals surface area contributed by atoms with Gasteiger partial charge in [0.1, 0.15) is 0 Å². The number of benzene rings is 1. The van der Waals surface area contributed by atoms with E-state index >= 15 is 0 Å². The summed E-state index contributed by atoms with van der Waals surface area (Å²) in [5.74, 6) is 0.633. The maximum Gasteiger partial charge on any atom is 0.315 e. The van der Waals surface area contributed by atoms with Crippen LogP contribution in [0.5, 0.6) is 0 Å². The number of hydrogen-bond acceptors (Lipinski definition) is 5. The molecule has 0 fully saturated rings. The number of nitrogens with zero attached hydrogens (tertiary/aromatic N) is 2. The van der Waals surface area contributed by atoms with Gasteiger partial charge in [0.25, 0.3) is 0 Å². The van der Waals surface area contributed by atoms with E-state index in [4.69, 9.17) is 5.26 Å². The molecule has 0 spiro atoms. The minimum absolute atomic E-state index is 0.0501. The highest BCUT2D eigenvalue weighted by Gasteiger charge is 2.19. The van der Waals surface area contributed by atoms with Crippen LogP contribution >= 0.6 is 11.8 Å². The van der Waals surface area contributed by atoms with Crippen molar-refractivity contribution in [2.24, 2.45) is 0 Å². The monoisotopic (exact) mass is 334 g/mol. The number of rotatable bonds is 8. The molecule has 0 aliphatic rings. The summed E-state index contributed by atoms with van der Waals surface area (Å²) in [5.41, 5.74) is 1.61. The van der Waals surface area contributed by atoms with Crippen molar-refractivity contribution in [3.05, 3.63) is 35.4 Å². The molecule has 6 heteroatoms. The average molecular weight is 334 g/mol. The standard InChI is InChI=1S/C17H22N2O3S/c1-4-19(16(20)9-10-23-12-17(21)22-3)13(2)15-7-5-14(11-18)6-8-15/h5-8,13H,4,9-10,12H2,1-3H3. The first-order valence-electron chi connectivity index (χ1n) is 7.47. The van der Waals surface area contributed by atoms with Gasteiger partial charge in [-0.15, -0.1) is 11.8 Å². The number of methoxy groups -OCH3 is 1. The van der Waals surface area contributed by atoms with Crippen molar-refractivity contribution >= 4 is 23.6 Å². The summed E-state index contributed by atoms with van der Waals surface area (Å²) in [4.78, 5) is 25.2. The average Bonchev–Trinajstić information content (AvgIpc) is 2.59. The summed E-state index contributed by atoms with van der Waals surface area (Å²) in [7, 11) is 1.35. The van der Waals surface area contributed by atoms with Crippen LogP contribution in [-0.4, -0.2) is 41.9 Å². The van der Waals surface area contributed by atoms with Gasteiger partial charge in [-0.05, 0) is 31.5 Å². The van der Waals surface area contributed by atoms with E-state index in [1.165, 1.54) is 18.9 Å². The largest absolute Gasteiger partial charge is 0.468 e. The third kappa shape index (κ3) is 5.95. The summed E-state index contributed by atoms with van der Waals surface area (Å²) in [6, 6.07) is 9.32. The third-order valence-corrected chi connectivity index (χ3v) is 4.49. The Hall–Kier alpha value is -2.00. The summed E-state index contributed by atoms with van der Waals surface area (Å²) in [6.07, 6.45) is 0.385. The van der Waals surface area contributed by atoms with Crippen molar-refractivity contribution in [3.8, 4) is 6.07 Å². The van der Waals surface area contributed by atoms with E-state index in [9.17, 15) is 9.59 Å². The van der Waals surface area contributed by atoms with Crippen molar-refractivity contribution in [2.45, 2.75) is 26.3 Å². The quantitative estimate of drug-likeness (QED) is 0.540. The Kier molecular flexibility index (Phi) is 8.20. The first-order valence-corrected chi connectivity index (χ1v) is 8.63. The molecule has 1 aromatic carbocycles. The SMILES string of the molecule is CCN(C(=O)CCSCC(=O)OC)C(C)c1ccc(C#N)cc1. The van der Waals surface area contributed by atoms with Crippen LogP contribution in [0.25, 0.3) is 0 Å². The van der Waals surface area contributed by atoms with Crippen molar-refractivity contribution < 1.29 is 14.3 Å². The number of carbonyl (C=O) groups excluding carboxylic acids is 2. The normalized spacial score (nSPS) is 11.4. The molecule has 1 unspecified atom stereocenters. The molecule has 1 atom stereocenters. The van der Waals surface area contributed by atoms with Gasteiger partial charge in [-0.3, -0.25) is 9.59 Å². The fourth-order valence-electron chi connectivity index (χ4n) is 2.20. The molecule has 5 nitrogen and oxygen atoms in total. The molecule has 0 saturated heterocycles. The lowest BCUT2D eigenvalue weighted by atomic mass is 10.0. The number of amides is 1. The summed E-state index contributed by atoms with van der Waals surface area (Å²) in [5, 5.41) is 8.84. The van der Waals surface area contributed by atoms with Crippen molar-refractivity contribution in [2.75, 3.05) is 25.2 Å². The van der Waals surface area contributed by atoms with Gasteiger partial charge in [-0.2, -0.15) is 5.26 Å². The fraction of sp³-hybridized carbons (Fsp3) is 0.471. The summed E-state index contributed by atoms with van der Waals surface area (Å²) < 4.78 is 4.56. The predicted octanol–water partition coefficient (Wildman–Crippen LogP) is 2.76. The second-order valence-electron chi connectivity index (χ2n) is 4.97. The molecule has 23 heavy (non-hydrogen) atoms. The Balaban J connectivity index is 2.58. The summed E-state index contributed by atoms with van der Waals surface area (Å²) >= 11 is 1.40. The predicted molar refractivity (Wildman–Crippen MR) is 90.9 cm³/mol. The molecule has 0 N–H and O–H groups in total. The fourth-order valence-corrected chi connectivity index (χ4v) is 2.95. The zero-order valence-electron chi connectivity index (χ0n) is 13.7. The zero-order valence-corrected chi connectivity index (χ0v) is 14.6. The highest BCUT2D eigenvalue weighted by atomic mass is 32.2. The van der Waals surface area contributed by atoms with E-state index in [0.29, 0.717) is 24.3 Å². The second kappa shape index (κ2) is 9.90. The molecule has 0 bridgehead atoms. The molecular weight excluding hydrogens is 312 g/mol. The van der Waals surface area contributed by atoms with Crippen LogP contribution in [0, 0.1) is 11.3 Å². The number of ether oxygens (including phenoxy) is 1. The molecule has 124 valence electrons. The molecular formula is C17H22N2O3S. The first kappa shape index (κ1) is 19.0. The van der Waals surface area contributed by atoms with Crippen LogP contribution in [-0.2, 0) is 14.3 Å². The Bertz CT molecular complexity index is 566. The minimum atomic E-state index is -0.277. The van der Waals surface area contributed by atoms with Gasteiger partial charge in [-0.1, -0.05) is 12.1 Å². The van der Waals surface area contributed by atoms with E-state index in [2.05, 4.69) is 10.8 Å². The van der Waals surface area contributed by atoms with E-state index in [-0.39, 0.29) is 23.7 Å². The summed E-state index contributed by atoms with van der Waals surface area (Å²) in [6.45, 7) is 4.53. The number of hydrogen-bond donors (Lipinski definition) is 0. The van der Waals surface area contributed by atoms with Gasteiger partial charge in [0.05, 0.1) is 30.5 Å². The van der Waals surface area contributed by atoms with Crippen LogP contribution < -0.4 is 0 Å². The van der Waals surface area contributed by atoms with E-state index in [1.54, 1.807) is 17.0 Å². The lowest BCUT2D eigenvalue weighted by Gasteiger charge is -2.28. The highest BCUT2D eigenvalue weighted by Crippen LogP contribution is 2.21. The Morgan fingerprint density at radius 3 is 2.52 bits per heavy atom. The Morgan fingerprint density at radius 1 is 1.35 bits per heavy atom. The van der Waals surface area contributed by atoms with Gasteiger partial charge >= 0.3 is 5.97 Å². The van der Waals surface area contributed by atoms with Gasteiger partial charge in [0.2, 0.25) is 5.91 Å². The maximum absolute atomic E-state index is 12.4. The smallest absolute Gasteiger partial charge is 0.315 e. The van der Waals surface area contributed by atoms with Gasteiger partial charge in [0.15, 0.2) is 0 Å². The molecule has 0 aliphatic carbocycles. The van der Waals surface area contributed by atoms with E-state index < -0.39 is 0 Å².